The molecule has 1 fully saturated rings. The lowest BCUT2D eigenvalue weighted by Crippen LogP contribution is -2.50. The molecule has 0 bridgehead atoms. The Morgan fingerprint density at radius 2 is 1.87 bits per heavy atom. The van der Waals surface area contributed by atoms with Gasteiger partial charge >= 0.3 is 0 Å². The van der Waals surface area contributed by atoms with E-state index < -0.39 is 21.7 Å². The van der Waals surface area contributed by atoms with Crippen LogP contribution in [0.4, 0.5) is 13.9 Å². The average Bonchev–Trinajstić information content (AvgIpc) is 3.43. The van der Waals surface area contributed by atoms with E-state index in [0.717, 1.165) is 12.1 Å². The fourth-order valence-electron chi connectivity index (χ4n) is 3.15. The molecule has 12 heteroatoms. The summed E-state index contributed by atoms with van der Waals surface area (Å²) >= 11 is 2.37. The molecule has 31 heavy (non-hydrogen) atoms. The number of hydrogen-bond acceptors (Lipinski definition) is 7. The highest BCUT2D eigenvalue weighted by atomic mass is 32.2. The number of nitrogens with one attached hydrogen (secondary N) is 1. The minimum absolute atomic E-state index is 0.104. The zero-order chi connectivity index (χ0) is 22.0. The zero-order valence-electron chi connectivity index (χ0n) is 16.1. The van der Waals surface area contributed by atoms with Gasteiger partial charge in [0.2, 0.25) is 5.91 Å². The van der Waals surface area contributed by atoms with E-state index in [2.05, 4.69) is 10.3 Å². The van der Waals surface area contributed by atoms with Gasteiger partial charge in [-0.15, -0.1) is 22.7 Å². The molecule has 7 nitrogen and oxygen atoms in total. The Labute approximate surface area is 186 Å². The summed E-state index contributed by atoms with van der Waals surface area (Å²) in [6.45, 7) is 1.61. The first-order valence-corrected chi connectivity index (χ1v) is 12.5. The fourth-order valence-corrected chi connectivity index (χ4v) is 6.45. The normalized spacial score (nSPS) is 15.8. The van der Waals surface area contributed by atoms with Gasteiger partial charge in [0.25, 0.3) is 10.0 Å². The molecule has 0 spiro atoms. The maximum absolute atomic E-state index is 13.4. The number of carbonyl (C=O) groups excluding carboxylic acids is 1. The molecule has 0 saturated carbocycles. The van der Waals surface area contributed by atoms with Crippen molar-refractivity contribution in [3.63, 3.8) is 0 Å². The second-order valence-electron chi connectivity index (χ2n) is 6.83. The van der Waals surface area contributed by atoms with E-state index in [1.807, 2.05) is 4.90 Å². The van der Waals surface area contributed by atoms with Crippen molar-refractivity contribution in [1.29, 1.82) is 0 Å². The highest BCUT2D eigenvalue weighted by Gasteiger charge is 2.29. The van der Waals surface area contributed by atoms with Crippen LogP contribution in [0.5, 0.6) is 0 Å². The number of sulfonamides is 1. The fraction of sp³-hybridized carbons (Fsp3) is 0.263. The van der Waals surface area contributed by atoms with Crippen molar-refractivity contribution in [3.05, 3.63) is 52.7 Å². The van der Waals surface area contributed by atoms with E-state index in [-0.39, 0.29) is 12.5 Å². The first-order valence-electron chi connectivity index (χ1n) is 9.30. The van der Waals surface area contributed by atoms with E-state index >= 15 is 0 Å². The standard InChI is InChI=1S/C19H18F2N4O3S3/c20-14-4-3-13(10-15(14)21)16-12-30-19(22-16)23-17(26)11-24-5-7-25(8-6-24)31(27,28)18-2-1-9-29-18/h1-4,9-10,12H,5-8,11H2,(H,22,23,26). The number of thiophene rings is 1. The Morgan fingerprint density at radius 1 is 1.10 bits per heavy atom. The molecular weight excluding hydrogens is 466 g/mol. The van der Waals surface area contributed by atoms with Gasteiger partial charge in [-0.1, -0.05) is 6.07 Å². The Balaban J connectivity index is 1.30. The Kier molecular flexibility index (Phi) is 6.44. The predicted molar refractivity (Wildman–Crippen MR) is 116 cm³/mol. The molecule has 0 atom stereocenters. The van der Waals surface area contributed by atoms with Crippen LogP contribution in [0.3, 0.4) is 0 Å². The van der Waals surface area contributed by atoms with Gasteiger partial charge in [0.15, 0.2) is 16.8 Å². The molecule has 1 aliphatic heterocycles. The number of carbonyl (C=O) groups is 1. The van der Waals surface area contributed by atoms with Gasteiger partial charge in [-0.2, -0.15) is 4.31 Å². The lowest BCUT2D eigenvalue weighted by atomic mass is 10.2. The van der Waals surface area contributed by atoms with Crippen LogP contribution in [0.2, 0.25) is 0 Å². The van der Waals surface area contributed by atoms with E-state index in [1.165, 1.54) is 33.0 Å². The maximum Gasteiger partial charge on any atom is 0.252 e. The first-order chi connectivity index (χ1) is 14.8. The van der Waals surface area contributed by atoms with E-state index in [9.17, 15) is 22.0 Å². The number of halogens is 2. The van der Waals surface area contributed by atoms with Crippen molar-refractivity contribution in [2.75, 3.05) is 38.0 Å². The third kappa shape index (κ3) is 4.99. The summed E-state index contributed by atoms with van der Waals surface area (Å²) in [5.41, 5.74) is 0.852. The highest BCUT2D eigenvalue weighted by molar-refractivity contribution is 7.91. The molecular formula is C19H18F2N4O3S3. The number of rotatable bonds is 6. The number of anilines is 1. The minimum atomic E-state index is -3.48. The van der Waals surface area contributed by atoms with Crippen LogP contribution >= 0.6 is 22.7 Å². The molecule has 3 aromatic rings. The number of thiazole rings is 1. The molecule has 0 radical (unpaired) electrons. The van der Waals surface area contributed by atoms with Gasteiger partial charge in [-0.05, 0) is 29.6 Å². The maximum atomic E-state index is 13.4. The summed E-state index contributed by atoms with van der Waals surface area (Å²) in [5.74, 6) is -2.17. The van der Waals surface area contributed by atoms with Gasteiger partial charge in [0.05, 0.1) is 12.2 Å². The molecule has 1 aliphatic rings. The van der Waals surface area contributed by atoms with Crippen molar-refractivity contribution in [2.45, 2.75) is 4.21 Å². The number of aromatic nitrogens is 1. The summed E-state index contributed by atoms with van der Waals surface area (Å²) in [6.07, 6.45) is 0. The zero-order valence-corrected chi connectivity index (χ0v) is 18.6. The number of hydrogen-bond donors (Lipinski definition) is 1. The van der Waals surface area contributed by atoms with Crippen LogP contribution in [-0.2, 0) is 14.8 Å². The molecule has 1 saturated heterocycles. The van der Waals surface area contributed by atoms with Crippen molar-refractivity contribution >= 4 is 43.7 Å². The largest absolute Gasteiger partial charge is 0.301 e. The van der Waals surface area contributed by atoms with Crippen LogP contribution in [0, 0.1) is 11.6 Å². The first kappa shape index (κ1) is 22.0. The number of benzene rings is 1. The van der Waals surface area contributed by atoms with Gasteiger partial charge in [-0.3, -0.25) is 9.69 Å². The van der Waals surface area contributed by atoms with Crippen molar-refractivity contribution in [3.8, 4) is 11.3 Å². The quantitative estimate of drug-likeness (QED) is 0.582. The smallest absolute Gasteiger partial charge is 0.252 e. The Hall–Kier alpha value is -2.25. The number of piperazine rings is 1. The summed E-state index contributed by atoms with van der Waals surface area (Å²) in [6, 6.07) is 6.79. The van der Waals surface area contributed by atoms with Crippen LogP contribution in [0.15, 0.2) is 45.3 Å². The molecule has 0 aliphatic carbocycles. The molecule has 1 N–H and O–H groups in total. The van der Waals surface area contributed by atoms with E-state index in [0.29, 0.717) is 46.8 Å². The summed E-state index contributed by atoms with van der Waals surface area (Å²) < 4.78 is 53.4. The predicted octanol–water partition coefficient (Wildman–Crippen LogP) is 3.09. The average molecular weight is 485 g/mol. The van der Waals surface area contributed by atoms with Gasteiger partial charge in [-0.25, -0.2) is 22.2 Å². The molecule has 164 valence electrons. The van der Waals surface area contributed by atoms with Crippen molar-refractivity contribution in [2.24, 2.45) is 0 Å². The second-order valence-corrected chi connectivity index (χ2v) is 10.8. The van der Waals surface area contributed by atoms with Crippen LogP contribution in [0.25, 0.3) is 11.3 Å². The third-order valence-corrected chi connectivity index (χ3v) is 8.78. The van der Waals surface area contributed by atoms with Gasteiger partial charge in [0, 0.05) is 37.1 Å². The highest BCUT2D eigenvalue weighted by Crippen LogP contribution is 2.26. The molecule has 1 aromatic carbocycles. The minimum Gasteiger partial charge on any atom is -0.301 e. The van der Waals surface area contributed by atoms with E-state index in [1.54, 1.807) is 22.9 Å². The molecule has 0 unspecified atom stereocenters. The molecule has 3 heterocycles. The molecule has 2 aromatic heterocycles. The third-order valence-electron chi connectivity index (χ3n) is 4.75. The summed E-state index contributed by atoms with van der Waals surface area (Å²) in [7, 11) is -3.48. The second kappa shape index (κ2) is 9.09. The van der Waals surface area contributed by atoms with Crippen molar-refractivity contribution < 1.29 is 22.0 Å². The van der Waals surface area contributed by atoms with Gasteiger partial charge < -0.3 is 5.32 Å². The molecule has 4 rings (SSSR count). The summed E-state index contributed by atoms with van der Waals surface area (Å²) in [5, 5.41) is 6.42. The SMILES string of the molecule is O=C(CN1CCN(S(=O)(=O)c2cccs2)CC1)Nc1nc(-c2ccc(F)c(F)c2)cs1. The topological polar surface area (TPSA) is 82.6 Å². The monoisotopic (exact) mass is 484 g/mol. The summed E-state index contributed by atoms with van der Waals surface area (Å²) in [4.78, 5) is 18.5. The number of nitrogens with zero attached hydrogens (tertiary/aromatic N) is 3. The Morgan fingerprint density at radius 3 is 2.55 bits per heavy atom. The lowest BCUT2D eigenvalue weighted by Gasteiger charge is -2.33. The van der Waals surface area contributed by atoms with Gasteiger partial charge in [0.1, 0.15) is 4.21 Å². The number of amides is 1. The van der Waals surface area contributed by atoms with Crippen LogP contribution in [0.1, 0.15) is 0 Å². The van der Waals surface area contributed by atoms with E-state index in [4.69, 9.17) is 0 Å². The van der Waals surface area contributed by atoms with Crippen LogP contribution in [-0.4, -0.2) is 61.2 Å². The lowest BCUT2D eigenvalue weighted by molar-refractivity contribution is -0.117. The molecule has 1 amide bonds. The van der Waals surface area contributed by atoms with Crippen LogP contribution < -0.4 is 5.32 Å². The van der Waals surface area contributed by atoms with Crippen molar-refractivity contribution in [1.82, 2.24) is 14.2 Å². The Bertz CT molecular complexity index is 1170.